The zero-order valence-electron chi connectivity index (χ0n) is 13.1. The van der Waals surface area contributed by atoms with E-state index < -0.39 is 23.5 Å². The topological polar surface area (TPSA) is 79.4 Å². The van der Waals surface area contributed by atoms with Crippen LogP contribution in [0, 0.1) is 5.92 Å². The van der Waals surface area contributed by atoms with Crippen LogP contribution < -0.4 is 0 Å². The molecule has 0 aliphatic rings. The Labute approximate surface area is 129 Å². The first-order valence-corrected chi connectivity index (χ1v) is 7.47. The van der Waals surface area contributed by atoms with E-state index in [0.29, 0.717) is 12.8 Å². The van der Waals surface area contributed by atoms with Crippen molar-refractivity contribution in [3.8, 4) is 0 Å². The summed E-state index contributed by atoms with van der Waals surface area (Å²) in [5.41, 5.74) is 1.03. The molecule has 2 N–H and O–H groups in total. The van der Waals surface area contributed by atoms with Crippen molar-refractivity contribution in [1.82, 2.24) is 4.98 Å². The lowest BCUT2D eigenvalue weighted by Gasteiger charge is -2.32. The SMILES string of the molecule is CCC(CC)(OC(=O)C(C)C(=O)O)c1c[nH]c2ccccc12. The van der Waals surface area contributed by atoms with Crippen molar-refractivity contribution in [2.45, 2.75) is 39.2 Å². The maximum atomic E-state index is 12.1. The number of aromatic amines is 1. The number of hydrogen-bond acceptors (Lipinski definition) is 3. The van der Waals surface area contributed by atoms with Gasteiger partial charge in [-0.2, -0.15) is 0 Å². The fourth-order valence-corrected chi connectivity index (χ4v) is 2.66. The molecular weight excluding hydrogens is 282 g/mol. The highest BCUT2D eigenvalue weighted by Crippen LogP contribution is 2.38. The van der Waals surface area contributed by atoms with Crippen LogP contribution in [0.5, 0.6) is 0 Å². The lowest BCUT2D eigenvalue weighted by Crippen LogP contribution is -2.35. The van der Waals surface area contributed by atoms with Crippen LogP contribution in [-0.4, -0.2) is 22.0 Å². The van der Waals surface area contributed by atoms with Gasteiger partial charge in [-0.1, -0.05) is 32.0 Å². The van der Waals surface area contributed by atoms with Crippen LogP contribution in [0.3, 0.4) is 0 Å². The summed E-state index contributed by atoms with van der Waals surface area (Å²) < 4.78 is 5.67. The van der Waals surface area contributed by atoms with Gasteiger partial charge >= 0.3 is 11.9 Å². The predicted octanol–water partition coefficient (Wildman–Crippen LogP) is 3.45. The largest absolute Gasteiger partial charge is 0.481 e. The molecule has 0 saturated carbocycles. The molecule has 0 fully saturated rings. The van der Waals surface area contributed by atoms with Gasteiger partial charge in [0.15, 0.2) is 5.92 Å². The lowest BCUT2D eigenvalue weighted by atomic mass is 9.87. The molecule has 1 heterocycles. The Kier molecular flexibility index (Phi) is 4.54. The minimum absolute atomic E-state index is 0.573. The summed E-state index contributed by atoms with van der Waals surface area (Å²) in [7, 11) is 0. The molecular formula is C17H21NO4. The Morgan fingerprint density at radius 3 is 2.50 bits per heavy atom. The van der Waals surface area contributed by atoms with Crippen LogP contribution in [0.15, 0.2) is 30.5 Å². The number of para-hydroxylation sites is 1. The summed E-state index contributed by atoms with van der Waals surface area (Å²) in [5.74, 6) is -3.06. The average Bonchev–Trinajstić information content (AvgIpc) is 2.96. The van der Waals surface area contributed by atoms with Gasteiger partial charge in [0.05, 0.1) is 0 Å². The number of nitrogens with one attached hydrogen (secondary N) is 1. The van der Waals surface area contributed by atoms with Gasteiger partial charge in [0.1, 0.15) is 5.60 Å². The third-order valence-electron chi connectivity index (χ3n) is 4.24. The highest BCUT2D eigenvalue weighted by Gasteiger charge is 2.37. The van der Waals surface area contributed by atoms with Gasteiger partial charge in [-0.15, -0.1) is 0 Å². The summed E-state index contributed by atoms with van der Waals surface area (Å²) in [6.07, 6.45) is 2.99. The second-order valence-corrected chi connectivity index (χ2v) is 5.43. The zero-order valence-corrected chi connectivity index (χ0v) is 13.1. The standard InChI is InChI=1S/C17H21NO4/c1-4-17(5-2,22-16(21)11(3)15(19)20)13-10-18-14-9-7-6-8-12(13)14/h6-11,18H,4-5H2,1-3H3,(H,19,20). The molecule has 0 saturated heterocycles. The molecule has 0 aliphatic heterocycles. The van der Waals surface area contributed by atoms with E-state index >= 15 is 0 Å². The van der Waals surface area contributed by atoms with E-state index in [1.54, 1.807) is 0 Å². The summed E-state index contributed by atoms with van der Waals surface area (Å²) >= 11 is 0. The first-order chi connectivity index (χ1) is 10.4. The third kappa shape index (κ3) is 2.71. The molecule has 1 unspecified atom stereocenters. The summed E-state index contributed by atoms with van der Waals surface area (Å²) in [6.45, 7) is 5.21. The maximum absolute atomic E-state index is 12.1. The van der Waals surface area contributed by atoms with Gasteiger partial charge in [-0.3, -0.25) is 9.59 Å². The molecule has 1 aromatic carbocycles. The Balaban J connectivity index is 2.44. The first kappa shape index (κ1) is 16.1. The number of aromatic nitrogens is 1. The Morgan fingerprint density at radius 2 is 1.91 bits per heavy atom. The van der Waals surface area contributed by atoms with Crippen LogP contribution in [0.1, 0.15) is 39.2 Å². The second-order valence-electron chi connectivity index (χ2n) is 5.43. The van der Waals surface area contributed by atoms with Gasteiger partial charge in [0.2, 0.25) is 0 Å². The van der Waals surface area contributed by atoms with E-state index in [1.165, 1.54) is 6.92 Å². The van der Waals surface area contributed by atoms with E-state index in [4.69, 9.17) is 9.84 Å². The Hall–Kier alpha value is -2.30. The third-order valence-corrected chi connectivity index (χ3v) is 4.24. The number of ether oxygens (including phenoxy) is 1. The molecule has 0 radical (unpaired) electrons. The van der Waals surface area contributed by atoms with Crippen LogP contribution in [0.4, 0.5) is 0 Å². The number of aliphatic carboxylic acids is 1. The number of H-pyrrole nitrogens is 1. The van der Waals surface area contributed by atoms with E-state index in [2.05, 4.69) is 4.98 Å². The van der Waals surface area contributed by atoms with Gasteiger partial charge < -0.3 is 14.8 Å². The van der Waals surface area contributed by atoms with Gasteiger partial charge in [0, 0.05) is 22.7 Å². The normalized spacial score (nSPS) is 13.0. The highest BCUT2D eigenvalue weighted by atomic mass is 16.6. The van der Waals surface area contributed by atoms with Gasteiger partial charge in [-0.25, -0.2) is 0 Å². The lowest BCUT2D eigenvalue weighted by molar-refractivity contribution is -0.171. The second kappa shape index (κ2) is 6.22. The van der Waals surface area contributed by atoms with Crippen LogP contribution in [0.2, 0.25) is 0 Å². The van der Waals surface area contributed by atoms with Crippen molar-refractivity contribution in [2.24, 2.45) is 5.92 Å². The van der Waals surface area contributed by atoms with E-state index in [9.17, 15) is 9.59 Å². The number of carboxylic acid groups (broad SMARTS) is 1. The number of carbonyl (C=O) groups excluding carboxylic acids is 1. The van der Waals surface area contributed by atoms with E-state index in [0.717, 1.165) is 16.5 Å². The molecule has 0 amide bonds. The molecule has 118 valence electrons. The number of esters is 1. The number of rotatable bonds is 6. The number of benzene rings is 1. The average molecular weight is 303 g/mol. The molecule has 1 atom stereocenters. The quantitative estimate of drug-likeness (QED) is 0.633. The van der Waals surface area contributed by atoms with Crippen molar-refractivity contribution >= 4 is 22.8 Å². The summed E-state index contributed by atoms with van der Waals surface area (Å²) in [4.78, 5) is 26.3. The van der Waals surface area contributed by atoms with Crippen molar-refractivity contribution < 1.29 is 19.4 Å². The summed E-state index contributed by atoms with van der Waals surface area (Å²) in [5, 5.41) is 9.98. The molecule has 22 heavy (non-hydrogen) atoms. The number of hydrogen-bond donors (Lipinski definition) is 2. The fourth-order valence-electron chi connectivity index (χ4n) is 2.66. The number of fused-ring (bicyclic) bond motifs is 1. The smallest absolute Gasteiger partial charge is 0.320 e. The zero-order chi connectivity index (χ0) is 16.3. The molecule has 0 aliphatic carbocycles. The molecule has 5 nitrogen and oxygen atoms in total. The van der Waals surface area contributed by atoms with Crippen LogP contribution in [0.25, 0.3) is 10.9 Å². The summed E-state index contributed by atoms with van der Waals surface area (Å²) in [6, 6.07) is 7.78. The highest BCUT2D eigenvalue weighted by molar-refractivity contribution is 5.94. The van der Waals surface area contributed by atoms with Gasteiger partial charge in [0.25, 0.3) is 0 Å². The number of carboxylic acids is 1. The monoisotopic (exact) mass is 303 g/mol. The maximum Gasteiger partial charge on any atom is 0.320 e. The van der Waals surface area contributed by atoms with Crippen molar-refractivity contribution in [3.05, 3.63) is 36.0 Å². The minimum atomic E-state index is -1.18. The van der Waals surface area contributed by atoms with Crippen LogP contribution in [-0.2, 0) is 19.9 Å². The predicted molar refractivity (Wildman–Crippen MR) is 83.5 cm³/mol. The van der Waals surface area contributed by atoms with Gasteiger partial charge in [-0.05, 0) is 25.8 Å². The van der Waals surface area contributed by atoms with Crippen molar-refractivity contribution in [2.75, 3.05) is 0 Å². The molecule has 2 aromatic rings. The molecule has 5 heteroatoms. The van der Waals surface area contributed by atoms with Crippen molar-refractivity contribution in [1.29, 1.82) is 0 Å². The minimum Gasteiger partial charge on any atom is -0.481 e. The Morgan fingerprint density at radius 1 is 1.27 bits per heavy atom. The Bertz CT molecular complexity index is 685. The van der Waals surface area contributed by atoms with Crippen LogP contribution >= 0.6 is 0 Å². The van der Waals surface area contributed by atoms with Crippen molar-refractivity contribution in [3.63, 3.8) is 0 Å². The number of carbonyl (C=O) groups is 2. The fraction of sp³-hybridized carbons (Fsp3) is 0.412. The molecule has 0 spiro atoms. The van der Waals surface area contributed by atoms with E-state index in [-0.39, 0.29) is 0 Å². The molecule has 0 bridgehead atoms. The molecule has 2 rings (SSSR count). The molecule has 1 aromatic heterocycles. The first-order valence-electron chi connectivity index (χ1n) is 7.47. The van der Waals surface area contributed by atoms with E-state index in [1.807, 2.05) is 44.3 Å².